The summed E-state index contributed by atoms with van der Waals surface area (Å²) in [6.07, 6.45) is 1.56. The van der Waals surface area contributed by atoms with Crippen LogP contribution in [0.25, 0.3) is 0 Å². The van der Waals surface area contributed by atoms with E-state index in [1.165, 1.54) is 23.9 Å². The number of allylic oxidation sites excluding steroid dienone is 2. The smallest absolute Gasteiger partial charge is 0.282 e. The molecule has 0 N–H and O–H groups in total. The Morgan fingerprint density at radius 3 is 2.17 bits per heavy atom. The molecule has 0 saturated heterocycles. The van der Waals surface area contributed by atoms with Gasteiger partial charge in [0.05, 0.1) is 15.5 Å². The van der Waals surface area contributed by atoms with Crippen molar-refractivity contribution in [3.8, 4) is 0 Å². The molecule has 0 fully saturated rings. The van der Waals surface area contributed by atoms with Gasteiger partial charge in [-0.05, 0) is 49.4 Å². The first-order valence-electron chi connectivity index (χ1n) is 9.04. The van der Waals surface area contributed by atoms with Crippen molar-refractivity contribution in [3.05, 3.63) is 105 Å². The number of benzene rings is 3. The van der Waals surface area contributed by atoms with Crippen molar-refractivity contribution in [1.29, 1.82) is 0 Å². The third kappa shape index (κ3) is 4.33. The molecule has 0 aromatic heterocycles. The fraction of sp³-hybridized carbons (Fsp3) is 0.0435. The number of aryl methyl sites for hydroxylation is 1. The number of fused-ring (bicyclic) bond motifs is 1. The summed E-state index contributed by atoms with van der Waals surface area (Å²) in [5, 5.41) is 0. The Balaban J connectivity index is 1.80. The van der Waals surface area contributed by atoms with Crippen molar-refractivity contribution < 1.29 is 13.2 Å². The summed E-state index contributed by atoms with van der Waals surface area (Å²) in [5.74, 6) is -0.142. The van der Waals surface area contributed by atoms with Gasteiger partial charge in [-0.2, -0.15) is 12.8 Å². The predicted molar refractivity (Wildman–Crippen MR) is 124 cm³/mol. The van der Waals surface area contributed by atoms with Gasteiger partial charge in [0.1, 0.15) is 0 Å². The Hall–Kier alpha value is -2.48. The van der Waals surface area contributed by atoms with Crippen LogP contribution < -0.4 is 0 Å². The number of thioether (sulfide) groups is 1. The highest BCUT2D eigenvalue weighted by Gasteiger charge is 2.26. The van der Waals surface area contributed by atoms with Crippen molar-refractivity contribution in [2.45, 2.75) is 16.7 Å². The molecule has 7 heteroatoms. The quantitative estimate of drug-likeness (QED) is 0.456. The van der Waals surface area contributed by atoms with Crippen molar-refractivity contribution in [1.82, 2.24) is 0 Å². The summed E-state index contributed by atoms with van der Waals surface area (Å²) in [6.45, 7) is 1.99. The second-order valence-corrected chi connectivity index (χ2v) is 10.3. The lowest BCUT2D eigenvalue weighted by Crippen LogP contribution is -2.17. The van der Waals surface area contributed by atoms with Gasteiger partial charge in [0.2, 0.25) is 0 Å². The van der Waals surface area contributed by atoms with Gasteiger partial charge in [-0.3, -0.25) is 4.79 Å². The SMILES string of the molecule is Cc1ccc(SC2=C/C(=N/S(=O)(=O)c3ccc(Br)cc3)c3ccccc3C2=O)cc1. The average molecular weight is 498 g/mol. The van der Waals surface area contributed by atoms with E-state index >= 15 is 0 Å². The van der Waals surface area contributed by atoms with E-state index in [1.807, 2.05) is 31.2 Å². The monoisotopic (exact) mass is 497 g/mol. The molecule has 0 spiro atoms. The highest BCUT2D eigenvalue weighted by Crippen LogP contribution is 2.34. The number of nitrogens with zero attached hydrogens (tertiary/aromatic N) is 1. The summed E-state index contributed by atoms with van der Waals surface area (Å²) in [7, 11) is -3.94. The van der Waals surface area contributed by atoms with E-state index in [0.29, 0.717) is 16.0 Å². The average Bonchev–Trinajstić information content (AvgIpc) is 2.73. The maximum absolute atomic E-state index is 13.0. The van der Waals surface area contributed by atoms with Crippen molar-refractivity contribution >= 4 is 49.2 Å². The van der Waals surface area contributed by atoms with Gasteiger partial charge in [-0.15, -0.1) is 0 Å². The van der Waals surface area contributed by atoms with E-state index in [9.17, 15) is 13.2 Å². The topological polar surface area (TPSA) is 63.6 Å². The number of sulfonamides is 1. The van der Waals surface area contributed by atoms with Crippen molar-refractivity contribution in [2.24, 2.45) is 4.40 Å². The first kappa shape index (κ1) is 20.8. The Kier molecular flexibility index (Phi) is 5.77. The maximum atomic E-state index is 13.0. The fourth-order valence-electron chi connectivity index (χ4n) is 2.98. The molecule has 150 valence electrons. The molecule has 4 rings (SSSR count). The summed E-state index contributed by atoms with van der Waals surface area (Å²) in [5.41, 5.74) is 2.33. The summed E-state index contributed by atoms with van der Waals surface area (Å²) in [6, 6.07) is 21.0. The van der Waals surface area contributed by atoms with Gasteiger partial charge in [0, 0.05) is 20.5 Å². The second kappa shape index (κ2) is 8.34. The van der Waals surface area contributed by atoms with Crippen LogP contribution in [0.15, 0.2) is 102 Å². The summed E-state index contributed by atoms with van der Waals surface area (Å²) in [4.78, 5) is 14.4. The molecule has 4 nitrogen and oxygen atoms in total. The van der Waals surface area contributed by atoms with Crippen LogP contribution in [0.5, 0.6) is 0 Å². The van der Waals surface area contributed by atoms with Crippen LogP contribution in [-0.4, -0.2) is 19.9 Å². The van der Waals surface area contributed by atoms with E-state index in [2.05, 4.69) is 20.3 Å². The first-order chi connectivity index (χ1) is 14.3. The van der Waals surface area contributed by atoms with Gasteiger partial charge in [0.15, 0.2) is 5.78 Å². The van der Waals surface area contributed by atoms with Crippen LogP contribution in [-0.2, 0) is 10.0 Å². The number of ketones is 1. The minimum absolute atomic E-state index is 0.0914. The molecule has 0 atom stereocenters. The zero-order valence-electron chi connectivity index (χ0n) is 15.9. The minimum atomic E-state index is -3.94. The number of hydrogen-bond donors (Lipinski definition) is 0. The molecule has 1 aliphatic carbocycles. The van der Waals surface area contributed by atoms with E-state index in [1.54, 1.807) is 42.5 Å². The lowest BCUT2D eigenvalue weighted by molar-refractivity contribution is 0.104. The largest absolute Gasteiger partial charge is 0.288 e. The van der Waals surface area contributed by atoms with Crippen LogP contribution in [0, 0.1) is 6.92 Å². The van der Waals surface area contributed by atoms with Crippen LogP contribution in [0.3, 0.4) is 0 Å². The molecular formula is C23H16BrNO3S2. The van der Waals surface area contributed by atoms with E-state index in [0.717, 1.165) is 14.9 Å². The molecule has 0 aliphatic heterocycles. The Bertz CT molecular complexity index is 1290. The number of hydrogen-bond acceptors (Lipinski definition) is 4. The Morgan fingerprint density at radius 1 is 0.867 bits per heavy atom. The zero-order chi connectivity index (χ0) is 21.3. The second-order valence-electron chi connectivity index (χ2n) is 6.70. The first-order valence-corrected chi connectivity index (χ1v) is 12.1. The molecule has 0 radical (unpaired) electrons. The number of carbonyl (C=O) groups excluding carboxylic acids is 1. The van der Waals surface area contributed by atoms with Gasteiger partial charge < -0.3 is 0 Å². The molecule has 30 heavy (non-hydrogen) atoms. The molecule has 0 saturated carbocycles. The number of halogens is 1. The van der Waals surface area contributed by atoms with Crippen molar-refractivity contribution in [2.75, 3.05) is 0 Å². The zero-order valence-corrected chi connectivity index (χ0v) is 19.1. The van der Waals surface area contributed by atoms with E-state index in [4.69, 9.17) is 0 Å². The Morgan fingerprint density at radius 2 is 1.50 bits per heavy atom. The Labute approximate surface area is 187 Å². The van der Waals surface area contributed by atoms with Gasteiger partial charge >= 0.3 is 0 Å². The summed E-state index contributed by atoms with van der Waals surface area (Å²) < 4.78 is 30.6. The van der Waals surface area contributed by atoms with Gasteiger partial charge in [0.25, 0.3) is 10.0 Å². The molecule has 3 aromatic carbocycles. The van der Waals surface area contributed by atoms with E-state index < -0.39 is 10.0 Å². The molecule has 0 unspecified atom stereocenters. The van der Waals surface area contributed by atoms with Crippen LogP contribution in [0.1, 0.15) is 21.5 Å². The molecular weight excluding hydrogens is 482 g/mol. The highest BCUT2D eigenvalue weighted by atomic mass is 79.9. The van der Waals surface area contributed by atoms with E-state index in [-0.39, 0.29) is 16.4 Å². The fourth-order valence-corrected chi connectivity index (χ4v) is 5.14. The maximum Gasteiger partial charge on any atom is 0.282 e. The van der Waals surface area contributed by atoms with Crippen LogP contribution in [0.4, 0.5) is 0 Å². The van der Waals surface area contributed by atoms with Gasteiger partial charge in [-0.25, -0.2) is 0 Å². The molecule has 1 aliphatic rings. The number of carbonyl (C=O) groups is 1. The molecule has 0 bridgehead atoms. The number of Topliss-reactive ketones (excluding diaryl/α,β-unsaturated/α-hetero) is 1. The third-order valence-corrected chi connectivity index (χ3v) is 7.38. The lowest BCUT2D eigenvalue weighted by Gasteiger charge is -2.17. The molecule has 0 heterocycles. The predicted octanol–water partition coefficient (Wildman–Crippen LogP) is 5.81. The minimum Gasteiger partial charge on any atom is -0.288 e. The lowest BCUT2D eigenvalue weighted by atomic mass is 9.94. The van der Waals surface area contributed by atoms with Crippen LogP contribution in [0.2, 0.25) is 0 Å². The van der Waals surface area contributed by atoms with Gasteiger partial charge in [-0.1, -0.05) is 69.7 Å². The van der Waals surface area contributed by atoms with Crippen molar-refractivity contribution in [3.63, 3.8) is 0 Å². The van der Waals surface area contributed by atoms with Crippen LogP contribution >= 0.6 is 27.7 Å². The standard InChI is InChI=1S/C23H16BrNO3S2/c1-15-6-10-17(11-7-15)29-22-14-21(19-4-2-3-5-20(19)23(22)26)25-30(27,28)18-12-8-16(24)9-13-18/h2-14H,1H3/b25-21-. The normalized spacial score (nSPS) is 15.1. The molecule has 0 amide bonds. The summed E-state index contributed by atoms with van der Waals surface area (Å²) >= 11 is 4.60. The third-order valence-electron chi connectivity index (χ3n) is 4.52. The highest BCUT2D eigenvalue weighted by molar-refractivity contribution is 9.10. The molecule has 3 aromatic rings. The number of rotatable bonds is 4.